The molecule has 0 saturated heterocycles. The predicted molar refractivity (Wildman–Crippen MR) is 69.1 cm³/mol. The van der Waals surface area contributed by atoms with Crippen LogP contribution < -0.4 is 5.43 Å². The highest BCUT2D eigenvalue weighted by molar-refractivity contribution is 6.30. The number of halogens is 1. The first-order valence-corrected chi connectivity index (χ1v) is 5.61. The number of nitrogens with zero attached hydrogens (tertiary/aromatic N) is 2. The number of aromatic nitrogens is 1. The van der Waals surface area contributed by atoms with Crippen LogP contribution in [0.5, 0.6) is 0 Å². The Morgan fingerprint density at radius 3 is 2.41 bits per heavy atom. The Morgan fingerprint density at radius 2 is 1.82 bits per heavy atom. The molecule has 0 bridgehead atoms. The molecule has 86 valence electrons. The largest absolute Gasteiger partial charge is 0.293 e. The molecule has 0 fully saturated rings. The Hall–Kier alpha value is -1.92. The number of hydrogen-bond donors (Lipinski definition) is 1. The summed E-state index contributed by atoms with van der Waals surface area (Å²) in [4.78, 5) is 0. The van der Waals surface area contributed by atoms with Crippen LogP contribution in [-0.2, 0) is 0 Å². The van der Waals surface area contributed by atoms with Gasteiger partial charge in [0.2, 0.25) is 0 Å². The fourth-order valence-electron chi connectivity index (χ4n) is 1.67. The average Bonchev–Trinajstić information content (AvgIpc) is 2.61. The van der Waals surface area contributed by atoms with Crippen molar-refractivity contribution in [3.63, 3.8) is 0 Å². The molecule has 0 spiro atoms. The summed E-state index contributed by atoms with van der Waals surface area (Å²) in [6, 6.07) is 11.3. The van der Waals surface area contributed by atoms with Crippen molar-refractivity contribution in [3.05, 3.63) is 52.3 Å². The van der Waals surface area contributed by atoms with Crippen LogP contribution in [0.3, 0.4) is 0 Å². The van der Waals surface area contributed by atoms with Gasteiger partial charge in [0.1, 0.15) is 6.07 Å². The lowest BCUT2D eigenvalue weighted by Crippen LogP contribution is -2.13. The molecule has 0 aliphatic rings. The molecular weight excluding hydrogens is 234 g/mol. The van der Waals surface area contributed by atoms with Gasteiger partial charge in [-0.1, -0.05) is 11.6 Å². The van der Waals surface area contributed by atoms with E-state index in [0.717, 1.165) is 11.4 Å². The van der Waals surface area contributed by atoms with Crippen molar-refractivity contribution < 1.29 is 0 Å². The first kappa shape index (κ1) is 11.6. The van der Waals surface area contributed by atoms with Crippen molar-refractivity contribution >= 4 is 17.3 Å². The minimum Gasteiger partial charge on any atom is -0.293 e. The van der Waals surface area contributed by atoms with Gasteiger partial charge in [-0.15, -0.1) is 0 Å². The number of nitriles is 1. The molecule has 0 aliphatic heterocycles. The fraction of sp³-hybridized carbons (Fsp3) is 0.154. The maximum atomic E-state index is 9.03. The highest BCUT2D eigenvalue weighted by Gasteiger charge is 2.06. The van der Waals surface area contributed by atoms with Gasteiger partial charge in [0.25, 0.3) is 0 Å². The van der Waals surface area contributed by atoms with Crippen LogP contribution in [0.4, 0.5) is 5.69 Å². The van der Waals surface area contributed by atoms with Gasteiger partial charge in [-0.05, 0) is 44.2 Å². The second-order valence-electron chi connectivity index (χ2n) is 3.87. The first-order valence-electron chi connectivity index (χ1n) is 5.23. The van der Waals surface area contributed by atoms with Crippen molar-refractivity contribution in [2.24, 2.45) is 0 Å². The molecule has 2 aromatic rings. The van der Waals surface area contributed by atoms with Crippen LogP contribution in [0, 0.1) is 25.2 Å². The van der Waals surface area contributed by atoms with E-state index in [1.165, 1.54) is 0 Å². The van der Waals surface area contributed by atoms with E-state index in [2.05, 4.69) is 11.5 Å². The van der Waals surface area contributed by atoms with Crippen LogP contribution >= 0.6 is 11.6 Å². The number of anilines is 1. The van der Waals surface area contributed by atoms with Crippen molar-refractivity contribution in [1.29, 1.82) is 5.26 Å². The van der Waals surface area contributed by atoms with Crippen LogP contribution in [0.25, 0.3) is 0 Å². The number of aryl methyl sites for hydroxylation is 2. The monoisotopic (exact) mass is 245 g/mol. The van der Waals surface area contributed by atoms with Gasteiger partial charge in [-0.25, -0.2) is 0 Å². The molecular formula is C13H12ClN3. The third-order valence-electron chi connectivity index (χ3n) is 2.61. The van der Waals surface area contributed by atoms with Gasteiger partial charge >= 0.3 is 0 Å². The van der Waals surface area contributed by atoms with Gasteiger partial charge in [0.05, 0.1) is 11.3 Å². The molecule has 0 radical (unpaired) electrons. The van der Waals surface area contributed by atoms with Gasteiger partial charge in [0.15, 0.2) is 0 Å². The van der Waals surface area contributed by atoms with Gasteiger partial charge in [0, 0.05) is 16.4 Å². The molecule has 0 saturated carbocycles. The van der Waals surface area contributed by atoms with E-state index in [1.807, 2.05) is 30.7 Å². The Labute approximate surface area is 105 Å². The molecule has 1 aromatic carbocycles. The van der Waals surface area contributed by atoms with Crippen LogP contribution in [-0.4, -0.2) is 4.68 Å². The van der Waals surface area contributed by atoms with E-state index < -0.39 is 0 Å². The molecule has 0 unspecified atom stereocenters. The lowest BCUT2D eigenvalue weighted by atomic mass is 10.2. The zero-order valence-corrected chi connectivity index (χ0v) is 10.4. The maximum Gasteiger partial charge on any atom is 0.101 e. The zero-order valence-electron chi connectivity index (χ0n) is 9.66. The molecule has 17 heavy (non-hydrogen) atoms. The lowest BCUT2D eigenvalue weighted by Gasteiger charge is -2.14. The van der Waals surface area contributed by atoms with Crippen LogP contribution in [0.1, 0.15) is 17.0 Å². The van der Waals surface area contributed by atoms with E-state index >= 15 is 0 Å². The van der Waals surface area contributed by atoms with Crippen LogP contribution in [0.15, 0.2) is 30.3 Å². The number of benzene rings is 1. The molecule has 0 aliphatic carbocycles. The van der Waals surface area contributed by atoms with E-state index in [0.29, 0.717) is 16.3 Å². The minimum atomic E-state index is 0.571. The Bertz CT molecular complexity index is 574. The average molecular weight is 246 g/mol. The van der Waals surface area contributed by atoms with E-state index in [1.54, 1.807) is 18.2 Å². The quantitative estimate of drug-likeness (QED) is 0.880. The molecule has 0 atom stereocenters. The summed E-state index contributed by atoms with van der Waals surface area (Å²) in [6.07, 6.45) is 0. The summed E-state index contributed by atoms with van der Waals surface area (Å²) in [5, 5.41) is 9.64. The topological polar surface area (TPSA) is 40.8 Å². The highest BCUT2D eigenvalue weighted by Crippen LogP contribution is 2.21. The number of rotatable bonds is 2. The second kappa shape index (κ2) is 4.52. The van der Waals surface area contributed by atoms with Crippen molar-refractivity contribution in [2.75, 3.05) is 5.43 Å². The SMILES string of the molecule is Cc1ccc(C)n1Nc1cc(Cl)ccc1C#N. The summed E-state index contributed by atoms with van der Waals surface area (Å²) in [5.41, 5.74) is 6.62. The predicted octanol–water partition coefficient (Wildman–Crippen LogP) is 3.51. The van der Waals surface area contributed by atoms with Crippen molar-refractivity contribution in [1.82, 2.24) is 4.68 Å². The second-order valence-corrected chi connectivity index (χ2v) is 4.30. The third-order valence-corrected chi connectivity index (χ3v) is 2.84. The fourth-order valence-corrected chi connectivity index (χ4v) is 1.84. The van der Waals surface area contributed by atoms with E-state index in [4.69, 9.17) is 16.9 Å². The van der Waals surface area contributed by atoms with Crippen LogP contribution in [0.2, 0.25) is 5.02 Å². The molecule has 3 nitrogen and oxygen atoms in total. The van der Waals surface area contributed by atoms with E-state index in [-0.39, 0.29) is 0 Å². The molecule has 1 N–H and O–H groups in total. The van der Waals surface area contributed by atoms with Gasteiger partial charge in [-0.2, -0.15) is 5.26 Å². The summed E-state index contributed by atoms with van der Waals surface area (Å²) < 4.78 is 1.92. The van der Waals surface area contributed by atoms with E-state index in [9.17, 15) is 0 Å². The van der Waals surface area contributed by atoms with Crippen molar-refractivity contribution in [2.45, 2.75) is 13.8 Å². The number of hydrogen-bond acceptors (Lipinski definition) is 2. The molecule has 0 amide bonds. The smallest absolute Gasteiger partial charge is 0.101 e. The summed E-state index contributed by atoms with van der Waals surface area (Å²) in [6.45, 7) is 3.99. The summed E-state index contributed by atoms with van der Waals surface area (Å²) in [7, 11) is 0. The molecule has 1 aromatic heterocycles. The van der Waals surface area contributed by atoms with Crippen molar-refractivity contribution in [3.8, 4) is 6.07 Å². The highest BCUT2D eigenvalue weighted by atomic mass is 35.5. The van der Waals surface area contributed by atoms with Gasteiger partial charge in [-0.3, -0.25) is 10.1 Å². The first-order chi connectivity index (χ1) is 8.11. The maximum absolute atomic E-state index is 9.03. The summed E-state index contributed by atoms with van der Waals surface area (Å²) >= 11 is 5.93. The third kappa shape index (κ3) is 2.27. The lowest BCUT2D eigenvalue weighted by molar-refractivity contribution is 0.881. The summed E-state index contributed by atoms with van der Waals surface area (Å²) in [5.74, 6) is 0. The molecule has 1 heterocycles. The number of nitrogens with one attached hydrogen (secondary N) is 1. The zero-order chi connectivity index (χ0) is 12.4. The Balaban J connectivity index is 2.43. The molecule has 2 rings (SSSR count). The van der Waals surface area contributed by atoms with Gasteiger partial charge < -0.3 is 0 Å². The minimum absolute atomic E-state index is 0.571. The Kier molecular flexibility index (Phi) is 3.08. The Morgan fingerprint density at radius 1 is 1.18 bits per heavy atom. The standard InChI is InChI=1S/C13H12ClN3/c1-9-3-4-10(2)17(9)16-13-7-12(14)6-5-11(13)8-15/h3-7,16H,1-2H3. The normalized spacial score (nSPS) is 10.0. The molecule has 4 heteroatoms.